The van der Waals surface area contributed by atoms with Gasteiger partial charge in [-0.1, -0.05) is 0 Å². The summed E-state index contributed by atoms with van der Waals surface area (Å²) in [5.74, 6) is -0.189. The first-order chi connectivity index (χ1) is 10.8. The summed E-state index contributed by atoms with van der Waals surface area (Å²) in [6.45, 7) is 2.46. The van der Waals surface area contributed by atoms with Gasteiger partial charge in [-0.2, -0.15) is 13.2 Å². The van der Waals surface area contributed by atoms with Crippen molar-refractivity contribution in [3.63, 3.8) is 0 Å². The number of aromatic nitrogens is 1. The number of morpholine rings is 1. The molecule has 1 aromatic rings. The predicted molar refractivity (Wildman–Crippen MR) is 76.3 cm³/mol. The zero-order valence-electron chi connectivity index (χ0n) is 12.6. The minimum atomic E-state index is -4.41. The molecule has 1 atom stereocenters. The summed E-state index contributed by atoms with van der Waals surface area (Å²) >= 11 is 0. The Morgan fingerprint density at radius 1 is 1.43 bits per heavy atom. The number of halogens is 3. The average Bonchev–Trinajstić information content (AvgIpc) is 2.53. The van der Waals surface area contributed by atoms with E-state index in [0.717, 1.165) is 0 Å². The minimum absolute atomic E-state index is 0.0642. The van der Waals surface area contributed by atoms with Crippen LogP contribution in [0.2, 0.25) is 0 Å². The third kappa shape index (κ3) is 5.59. The number of anilines is 1. The van der Waals surface area contributed by atoms with E-state index >= 15 is 0 Å². The van der Waals surface area contributed by atoms with E-state index in [0.29, 0.717) is 32.0 Å². The molecule has 1 aromatic heterocycles. The number of hydrogen-bond donors (Lipinski definition) is 1. The second kappa shape index (κ2) is 7.49. The first-order valence-corrected chi connectivity index (χ1v) is 7.14. The molecule has 1 amide bonds. The van der Waals surface area contributed by atoms with E-state index in [-0.39, 0.29) is 11.8 Å². The smallest absolute Gasteiger partial charge is 0.422 e. The summed E-state index contributed by atoms with van der Waals surface area (Å²) in [5.41, 5.74) is 0.526. The Morgan fingerprint density at radius 2 is 2.13 bits per heavy atom. The van der Waals surface area contributed by atoms with Crippen LogP contribution in [0, 0.1) is 0 Å². The van der Waals surface area contributed by atoms with Crippen LogP contribution in [0.4, 0.5) is 18.9 Å². The maximum Gasteiger partial charge on any atom is 0.422 e. The molecule has 1 aliphatic heterocycles. The zero-order valence-corrected chi connectivity index (χ0v) is 12.6. The maximum atomic E-state index is 12.2. The van der Waals surface area contributed by atoms with Crippen LogP contribution < -0.4 is 10.1 Å². The number of carbonyl (C=O) groups excluding carboxylic acids is 1. The lowest BCUT2D eigenvalue weighted by Gasteiger charge is -2.29. The lowest BCUT2D eigenvalue weighted by molar-refractivity contribution is -0.154. The molecular formula is C14H18F3N3O3. The number of hydrogen-bond acceptors (Lipinski definition) is 5. The van der Waals surface area contributed by atoms with Crippen molar-refractivity contribution in [3.05, 3.63) is 18.3 Å². The fraction of sp³-hybridized carbons (Fsp3) is 0.571. The van der Waals surface area contributed by atoms with E-state index in [1.54, 1.807) is 11.8 Å². The molecule has 0 radical (unpaired) electrons. The van der Waals surface area contributed by atoms with Gasteiger partial charge in [0.15, 0.2) is 6.61 Å². The summed E-state index contributed by atoms with van der Waals surface area (Å²) in [6, 6.07) is 2.36. The number of ether oxygens (including phenoxy) is 2. The van der Waals surface area contributed by atoms with Gasteiger partial charge in [0, 0.05) is 19.2 Å². The Morgan fingerprint density at radius 3 is 2.70 bits per heavy atom. The molecule has 23 heavy (non-hydrogen) atoms. The van der Waals surface area contributed by atoms with Gasteiger partial charge >= 0.3 is 6.18 Å². The number of pyridine rings is 1. The van der Waals surface area contributed by atoms with Gasteiger partial charge in [0.1, 0.15) is 6.04 Å². The molecule has 0 aromatic carbocycles. The van der Waals surface area contributed by atoms with E-state index in [1.807, 2.05) is 0 Å². The fourth-order valence-corrected chi connectivity index (χ4v) is 2.08. The van der Waals surface area contributed by atoms with Crippen LogP contribution in [0.25, 0.3) is 0 Å². The number of nitrogens with zero attached hydrogens (tertiary/aromatic N) is 2. The zero-order chi connectivity index (χ0) is 16.9. The molecule has 1 saturated heterocycles. The number of alkyl halides is 3. The lowest BCUT2D eigenvalue weighted by atomic mass is 10.2. The Labute approximate surface area is 131 Å². The Hall–Kier alpha value is -2.03. The van der Waals surface area contributed by atoms with E-state index in [4.69, 9.17) is 4.74 Å². The van der Waals surface area contributed by atoms with Gasteiger partial charge in [-0.3, -0.25) is 4.79 Å². The summed E-state index contributed by atoms with van der Waals surface area (Å²) in [5, 5.41) is 2.97. The van der Waals surface area contributed by atoms with E-state index < -0.39 is 18.8 Å². The van der Waals surface area contributed by atoms with Crippen LogP contribution in [0.1, 0.15) is 6.92 Å². The quantitative estimate of drug-likeness (QED) is 0.888. The van der Waals surface area contributed by atoms with Crippen LogP contribution in [0.15, 0.2) is 18.3 Å². The highest BCUT2D eigenvalue weighted by molar-refractivity contribution is 5.84. The van der Waals surface area contributed by atoms with Crippen molar-refractivity contribution >= 4 is 11.6 Å². The molecular weight excluding hydrogens is 315 g/mol. The molecule has 1 fully saturated rings. The number of amides is 1. The van der Waals surface area contributed by atoms with E-state index in [1.165, 1.54) is 18.3 Å². The molecule has 9 heteroatoms. The molecule has 1 unspecified atom stereocenters. The standard InChI is InChI=1S/C14H18F3N3O3/c1-10(13(21)20-4-6-22-7-5-20)19-11-2-3-12(18-8-11)23-9-14(15,16)17/h2-3,8,10,19H,4-7,9H2,1H3. The third-order valence-corrected chi connectivity index (χ3v) is 3.20. The van der Waals surface area contributed by atoms with Crippen molar-refractivity contribution in [2.24, 2.45) is 0 Å². The van der Waals surface area contributed by atoms with Crippen molar-refractivity contribution < 1.29 is 27.4 Å². The van der Waals surface area contributed by atoms with Gasteiger partial charge in [-0.25, -0.2) is 4.98 Å². The summed E-state index contributed by atoms with van der Waals surface area (Å²) in [4.78, 5) is 17.7. The van der Waals surface area contributed by atoms with Crippen LogP contribution in [0.5, 0.6) is 5.88 Å². The summed E-state index contributed by atoms with van der Waals surface area (Å²) < 4.78 is 45.8. The second-order valence-corrected chi connectivity index (χ2v) is 5.09. The molecule has 0 aliphatic carbocycles. The van der Waals surface area contributed by atoms with Crippen molar-refractivity contribution in [2.75, 3.05) is 38.2 Å². The highest BCUT2D eigenvalue weighted by Crippen LogP contribution is 2.18. The topological polar surface area (TPSA) is 63.7 Å². The minimum Gasteiger partial charge on any atom is -0.468 e. The van der Waals surface area contributed by atoms with Crippen LogP contribution in [-0.4, -0.2) is 60.9 Å². The second-order valence-electron chi connectivity index (χ2n) is 5.09. The van der Waals surface area contributed by atoms with Gasteiger partial charge in [-0.15, -0.1) is 0 Å². The lowest BCUT2D eigenvalue weighted by Crippen LogP contribution is -2.47. The molecule has 6 nitrogen and oxygen atoms in total. The summed E-state index contributed by atoms with van der Waals surface area (Å²) in [7, 11) is 0. The van der Waals surface area contributed by atoms with Gasteiger partial charge in [0.05, 0.1) is 25.1 Å². The van der Waals surface area contributed by atoms with Crippen molar-refractivity contribution in [3.8, 4) is 5.88 Å². The molecule has 0 spiro atoms. The molecule has 2 rings (SSSR count). The monoisotopic (exact) mass is 333 g/mol. The molecule has 1 N–H and O–H groups in total. The first kappa shape index (κ1) is 17.3. The highest BCUT2D eigenvalue weighted by atomic mass is 19.4. The molecule has 2 heterocycles. The predicted octanol–water partition coefficient (Wildman–Crippen LogP) is 1.68. The maximum absolute atomic E-state index is 12.2. The molecule has 128 valence electrons. The average molecular weight is 333 g/mol. The van der Waals surface area contributed by atoms with Crippen molar-refractivity contribution in [1.29, 1.82) is 0 Å². The Bertz CT molecular complexity index is 516. The number of nitrogens with one attached hydrogen (secondary N) is 1. The fourth-order valence-electron chi connectivity index (χ4n) is 2.08. The van der Waals surface area contributed by atoms with Crippen LogP contribution >= 0.6 is 0 Å². The summed E-state index contributed by atoms with van der Waals surface area (Å²) in [6.07, 6.45) is -3.08. The largest absolute Gasteiger partial charge is 0.468 e. The van der Waals surface area contributed by atoms with Gasteiger partial charge in [-0.05, 0) is 13.0 Å². The van der Waals surface area contributed by atoms with Crippen LogP contribution in [0.3, 0.4) is 0 Å². The normalized spacial score (nSPS) is 16.8. The SMILES string of the molecule is CC(Nc1ccc(OCC(F)(F)F)nc1)C(=O)N1CCOCC1. The van der Waals surface area contributed by atoms with E-state index in [2.05, 4.69) is 15.0 Å². The van der Waals surface area contributed by atoms with E-state index in [9.17, 15) is 18.0 Å². The van der Waals surface area contributed by atoms with Crippen molar-refractivity contribution in [1.82, 2.24) is 9.88 Å². The first-order valence-electron chi connectivity index (χ1n) is 7.14. The van der Waals surface area contributed by atoms with Gasteiger partial charge in [0.2, 0.25) is 11.8 Å². The number of carbonyl (C=O) groups is 1. The van der Waals surface area contributed by atoms with Gasteiger partial charge in [0.25, 0.3) is 0 Å². The van der Waals surface area contributed by atoms with Crippen molar-refractivity contribution in [2.45, 2.75) is 19.1 Å². The third-order valence-electron chi connectivity index (χ3n) is 3.20. The molecule has 1 aliphatic rings. The van der Waals surface area contributed by atoms with Gasteiger partial charge < -0.3 is 19.7 Å². The Balaban J connectivity index is 1.86. The highest BCUT2D eigenvalue weighted by Gasteiger charge is 2.28. The molecule has 0 bridgehead atoms. The molecule has 0 saturated carbocycles. The van der Waals surface area contributed by atoms with Crippen LogP contribution in [-0.2, 0) is 9.53 Å². The number of rotatable bonds is 5. The Kier molecular flexibility index (Phi) is 5.64.